The Balaban J connectivity index is 0. The fourth-order valence-corrected chi connectivity index (χ4v) is 1.42. The average Bonchev–Trinajstić information content (AvgIpc) is 2.41. The zero-order valence-electron chi connectivity index (χ0n) is 12.9. The van der Waals surface area contributed by atoms with E-state index in [2.05, 4.69) is 15.1 Å². The molecule has 0 amide bonds. The van der Waals surface area contributed by atoms with Gasteiger partial charge >= 0.3 is 0 Å². The Morgan fingerprint density at radius 1 is 1.14 bits per heavy atom. The van der Waals surface area contributed by atoms with Crippen molar-refractivity contribution in [2.24, 2.45) is 10.3 Å². The molecule has 0 saturated carbocycles. The maximum atomic E-state index is 10.4. The van der Waals surface area contributed by atoms with Gasteiger partial charge in [-0.1, -0.05) is 40.1 Å². The molecule has 1 aromatic rings. The molecular formula is C15H20N2O3Y-2. The van der Waals surface area contributed by atoms with Crippen LogP contribution in [0.25, 0.3) is 0 Å². The maximum absolute atomic E-state index is 10.4. The molecular weight excluding hydrogens is 345 g/mol. The van der Waals surface area contributed by atoms with Crippen LogP contribution in [-0.4, -0.2) is 24.8 Å². The van der Waals surface area contributed by atoms with E-state index < -0.39 is 0 Å². The summed E-state index contributed by atoms with van der Waals surface area (Å²) in [6.45, 7) is 3.86. The average molecular weight is 365 g/mol. The smallest absolute Gasteiger partial charge is 0.142 e. The molecule has 6 heteroatoms. The first-order valence-corrected chi connectivity index (χ1v) is 5.85. The van der Waals surface area contributed by atoms with Crippen molar-refractivity contribution >= 4 is 17.7 Å². The van der Waals surface area contributed by atoms with Crippen LogP contribution < -0.4 is 0 Å². The van der Waals surface area contributed by atoms with Gasteiger partial charge in [-0.15, -0.1) is 6.42 Å². The zero-order chi connectivity index (χ0) is 14.1. The number of oxime groups is 2. The van der Waals surface area contributed by atoms with Gasteiger partial charge in [0.2, 0.25) is 0 Å². The van der Waals surface area contributed by atoms with E-state index in [0.29, 0.717) is 18.0 Å². The number of rotatable bonds is 7. The summed E-state index contributed by atoms with van der Waals surface area (Å²) in [5.41, 5.74) is 3.11. The third-order valence-corrected chi connectivity index (χ3v) is 2.55. The summed E-state index contributed by atoms with van der Waals surface area (Å²) in [4.78, 5) is 20.4. The predicted octanol–water partition coefficient (Wildman–Crippen LogP) is 2.70. The monoisotopic (exact) mass is 365 g/mol. The number of hydrogen-bond donors (Lipinski definition) is 0. The van der Waals surface area contributed by atoms with E-state index in [0.717, 1.165) is 11.1 Å². The van der Waals surface area contributed by atoms with Gasteiger partial charge in [0.1, 0.15) is 25.1 Å². The van der Waals surface area contributed by atoms with E-state index in [1.54, 1.807) is 13.8 Å². The summed E-state index contributed by atoms with van der Waals surface area (Å²) < 4.78 is 0. The van der Waals surface area contributed by atoms with Crippen molar-refractivity contribution in [1.29, 1.82) is 0 Å². The molecule has 0 aliphatic rings. The van der Waals surface area contributed by atoms with E-state index in [4.69, 9.17) is 4.84 Å². The minimum Gasteiger partial charge on any atom is -0.541 e. The Kier molecular flexibility index (Phi) is 13.4. The van der Waals surface area contributed by atoms with Gasteiger partial charge in [0.15, 0.2) is 0 Å². The van der Waals surface area contributed by atoms with Crippen molar-refractivity contribution in [1.82, 2.24) is 0 Å². The van der Waals surface area contributed by atoms with Gasteiger partial charge < -0.3 is 21.9 Å². The molecule has 0 aliphatic carbocycles. The molecule has 0 aliphatic heterocycles. The van der Waals surface area contributed by atoms with Gasteiger partial charge in [0, 0.05) is 32.7 Å². The normalized spacial score (nSPS) is 11.0. The van der Waals surface area contributed by atoms with Crippen molar-refractivity contribution in [2.75, 3.05) is 7.11 Å². The van der Waals surface area contributed by atoms with Crippen LogP contribution in [0.15, 0.2) is 34.6 Å². The van der Waals surface area contributed by atoms with Crippen molar-refractivity contribution in [3.05, 3.63) is 42.8 Å². The second kappa shape index (κ2) is 12.7. The summed E-state index contributed by atoms with van der Waals surface area (Å²) in [6.07, 6.45) is 2.14. The molecule has 21 heavy (non-hydrogen) atoms. The zero-order valence-corrected chi connectivity index (χ0v) is 15.8. The topological polar surface area (TPSA) is 60.3 Å². The van der Waals surface area contributed by atoms with E-state index in [9.17, 15) is 4.79 Å². The Labute approximate surface area is 151 Å². The fourth-order valence-electron chi connectivity index (χ4n) is 1.42. The van der Waals surface area contributed by atoms with Crippen molar-refractivity contribution in [3.63, 3.8) is 0 Å². The van der Waals surface area contributed by atoms with Gasteiger partial charge in [-0.2, -0.15) is 0 Å². The molecule has 0 aromatic heterocycles. The predicted molar refractivity (Wildman–Crippen MR) is 80.3 cm³/mol. The summed E-state index contributed by atoms with van der Waals surface area (Å²) in [5.74, 6) is 0. The molecule has 0 fully saturated rings. The fraction of sp³-hybridized carbons (Fsp3) is 0.333. The van der Waals surface area contributed by atoms with E-state index in [1.807, 2.05) is 30.6 Å². The quantitative estimate of drug-likeness (QED) is 0.424. The van der Waals surface area contributed by atoms with Gasteiger partial charge in [-0.25, -0.2) is 0 Å². The standard InChI is InChI=1S/C14H17N2O3.CH3.Y/c1-11(15-18-3)12(2)16-19-10-14-7-5-4-6-13(14)8-9-17;;/h4-7H,8,10H2,1-3H3;1H3;/q2*-1;/b15-11+,16-12+;;. The minimum atomic E-state index is 0. The molecule has 113 valence electrons. The third kappa shape index (κ3) is 8.07. The van der Waals surface area contributed by atoms with Gasteiger partial charge in [0.05, 0.1) is 0 Å². The first kappa shape index (κ1) is 22.2. The van der Waals surface area contributed by atoms with Crippen molar-refractivity contribution in [3.8, 4) is 0 Å². The molecule has 0 saturated heterocycles. The second-order valence-electron chi connectivity index (χ2n) is 3.90. The molecule has 0 spiro atoms. The van der Waals surface area contributed by atoms with Crippen LogP contribution in [0.2, 0.25) is 0 Å². The van der Waals surface area contributed by atoms with Gasteiger partial charge in [0.25, 0.3) is 0 Å². The molecule has 0 unspecified atom stereocenters. The number of carbonyl (C=O) groups excluding carboxylic acids is 1. The van der Waals surface area contributed by atoms with Gasteiger partial charge in [-0.3, -0.25) is 6.29 Å². The molecule has 0 N–H and O–H groups in total. The molecule has 5 nitrogen and oxygen atoms in total. The van der Waals surface area contributed by atoms with E-state index in [-0.39, 0.29) is 46.6 Å². The van der Waals surface area contributed by atoms with Crippen LogP contribution in [-0.2, 0) is 60.2 Å². The number of benzene rings is 1. The summed E-state index contributed by atoms with van der Waals surface area (Å²) in [7, 11) is 1.48. The van der Waals surface area contributed by atoms with Crippen LogP contribution in [0.4, 0.5) is 0 Å². The molecule has 1 radical (unpaired) electrons. The number of hydrogen-bond acceptors (Lipinski definition) is 5. The summed E-state index contributed by atoms with van der Waals surface area (Å²) in [6, 6.07) is 7.53. The summed E-state index contributed by atoms with van der Waals surface area (Å²) >= 11 is 0. The Bertz CT molecular complexity index is 488. The Hall–Kier alpha value is -1.07. The number of nitrogens with zero attached hydrogens (tertiary/aromatic N) is 2. The summed E-state index contributed by atoms with van der Waals surface area (Å²) in [5, 5.41) is 7.70. The largest absolute Gasteiger partial charge is 0.541 e. The van der Waals surface area contributed by atoms with Crippen LogP contribution in [0.5, 0.6) is 0 Å². The van der Waals surface area contributed by atoms with Crippen molar-refractivity contribution in [2.45, 2.75) is 26.9 Å². The third-order valence-electron chi connectivity index (χ3n) is 2.55. The van der Waals surface area contributed by atoms with Gasteiger partial charge in [-0.05, 0) is 19.4 Å². The Morgan fingerprint density at radius 2 is 1.71 bits per heavy atom. The Morgan fingerprint density at radius 3 is 2.29 bits per heavy atom. The van der Waals surface area contributed by atoms with E-state index in [1.165, 1.54) is 7.11 Å². The first-order valence-electron chi connectivity index (χ1n) is 5.85. The second-order valence-corrected chi connectivity index (χ2v) is 3.90. The first-order chi connectivity index (χ1) is 9.19. The molecule has 1 rings (SSSR count). The maximum Gasteiger partial charge on any atom is 0.142 e. The molecule has 0 heterocycles. The molecule has 0 atom stereocenters. The van der Waals surface area contributed by atoms with Crippen LogP contribution in [0.3, 0.4) is 0 Å². The van der Waals surface area contributed by atoms with Crippen LogP contribution >= 0.6 is 0 Å². The SMILES string of the molecule is CO/N=C(C)/C(C)=N/OCc1ccccc1C[C-]=O.[CH3-].[Y]. The van der Waals surface area contributed by atoms with Crippen LogP contribution in [0, 0.1) is 7.43 Å². The van der Waals surface area contributed by atoms with Crippen molar-refractivity contribution < 1.29 is 47.2 Å². The molecule has 1 aromatic carbocycles. The molecule has 0 bridgehead atoms. The van der Waals surface area contributed by atoms with E-state index >= 15 is 0 Å². The minimum absolute atomic E-state index is 0. The van der Waals surface area contributed by atoms with Crippen LogP contribution in [0.1, 0.15) is 25.0 Å².